The minimum absolute atomic E-state index is 0.249. The highest BCUT2D eigenvalue weighted by atomic mass is 16.8. The highest BCUT2D eigenvalue weighted by molar-refractivity contribution is 5.89. The molecule has 8 nitrogen and oxygen atoms in total. The van der Waals surface area contributed by atoms with Crippen LogP contribution >= 0.6 is 0 Å². The van der Waals surface area contributed by atoms with Crippen LogP contribution in [0.5, 0.6) is 5.75 Å². The van der Waals surface area contributed by atoms with Crippen LogP contribution in [0.2, 0.25) is 0 Å². The topological polar surface area (TPSA) is 77.5 Å². The second kappa shape index (κ2) is 7.74. The van der Waals surface area contributed by atoms with Gasteiger partial charge in [-0.05, 0) is 26.0 Å². The molecule has 0 saturated carbocycles. The highest BCUT2D eigenvalue weighted by Crippen LogP contribution is 2.30. The molecule has 1 amide bonds. The normalized spacial score (nSPS) is 24.6. The number of methoxy groups -OCH3 is 2. The van der Waals surface area contributed by atoms with Crippen molar-refractivity contribution >= 4 is 17.6 Å². The van der Waals surface area contributed by atoms with Crippen molar-refractivity contribution in [3.63, 3.8) is 0 Å². The number of nitrogens with zero attached hydrogens (tertiary/aromatic N) is 2. The number of hydrogen-bond donors (Lipinski definition) is 0. The maximum absolute atomic E-state index is 12.9. The number of hydrogen-bond acceptors (Lipinski definition) is 7. The van der Waals surface area contributed by atoms with E-state index in [9.17, 15) is 9.59 Å². The molecule has 0 N–H and O–H groups in total. The molecule has 0 aromatic heterocycles. The maximum atomic E-state index is 12.9. The zero-order valence-corrected chi connectivity index (χ0v) is 16.1. The Bertz CT molecular complexity index is 699. The van der Waals surface area contributed by atoms with E-state index in [0.717, 1.165) is 11.4 Å². The molecule has 1 aromatic rings. The molecule has 27 heavy (non-hydrogen) atoms. The van der Waals surface area contributed by atoms with E-state index in [2.05, 4.69) is 4.90 Å². The Morgan fingerprint density at radius 3 is 2.37 bits per heavy atom. The van der Waals surface area contributed by atoms with Crippen LogP contribution in [0.1, 0.15) is 13.8 Å². The number of anilines is 1. The van der Waals surface area contributed by atoms with E-state index in [4.69, 9.17) is 18.9 Å². The van der Waals surface area contributed by atoms with Crippen LogP contribution < -0.4 is 9.64 Å². The van der Waals surface area contributed by atoms with E-state index < -0.39 is 24.0 Å². The average molecular weight is 378 g/mol. The fraction of sp³-hybridized carbons (Fsp3) is 0.579. The van der Waals surface area contributed by atoms with Gasteiger partial charge in [-0.1, -0.05) is 6.07 Å². The molecule has 0 spiro atoms. The molecule has 0 unspecified atom stereocenters. The van der Waals surface area contributed by atoms with E-state index in [0.29, 0.717) is 26.2 Å². The molecule has 2 atom stereocenters. The summed E-state index contributed by atoms with van der Waals surface area (Å²) in [5.41, 5.74) is 1.05. The lowest BCUT2D eigenvalue weighted by Crippen LogP contribution is -2.54. The van der Waals surface area contributed by atoms with Gasteiger partial charge in [0.15, 0.2) is 18.0 Å². The molecule has 2 aliphatic heterocycles. The third-order valence-electron chi connectivity index (χ3n) is 4.78. The molecule has 148 valence electrons. The van der Waals surface area contributed by atoms with Crippen molar-refractivity contribution in [1.29, 1.82) is 0 Å². The van der Waals surface area contributed by atoms with E-state index in [-0.39, 0.29) is 5.91 Å². The number of piperazine rings is 1. The summed E-state index contributed by atoms with van der Waals surface area (Å²) in [5, 5.41) is 0. The van der Waals surface area contributed by atoms with Gasteiger partial charge in [-0.15, -0.1) is 0 Å². The highest BCUT2D eigenvalue weighted by Gasteiger charge is 2.50. The maximum Gasteiger partial charge on any atom is 0.338 e. The number of ether oxygens (including phenoxy) is 4. The number of rotatable bonds is 4. The fourth-order valence-corrected chi connectivity index (χ4v) is 3.40. The van der Waals surface area contributed by atoms with Crippen molar-refractivity contribution in [2.45, 2.75) is 31.8 Å². The molecule has 2 aliphatic rings. The van der Waals surface area contributed by atoms with Crippen molar-refractivity contribution in [3.8, 4) is 5.75 Å². The molecule has 2 saturated heterocycles. The zero-order chi connectivity index (χ0) is 19.6. The number of amides is 1. The lowest BCUT2D eigenvalue weighted by Gasteiger charge is -2.37. The van der Waals surface area contributed by atoms with Gasteiger partial charge in [0, 0.05) is 37.9 Å². The summed E-state index contributed by atoms with van der Waals surface area (Å²) in [6, 6.07) is 7.83. The van der Waals surface area contributed by atoms with Gasteiger partial charge in [-0.3, -0.25) is 4.79 Å². The van der Waals surface area contributed by atoms with Crippen molar-refractivity contribution in [2.75, 3.05) is 45.3 Å². The number of esters is 1. The minimum atomic E-state index is -1.05. The lowest BCUT2D eigenvalue weighted by molar-refractivity contribution is -0.169. The van der Waals surface area contributed by atoms with Crippen LogP contribution in [0, 0.1) is 0 Å². The summed E-state index contributed by atoms with van der Waals surface area (Å²) >= 11 is 0. The second-order valence-corrected chi connectivity index (χ2v) is 7.01. The van der Waals surface area contributed by atoms with Gasteiger partial charge >= 0.3 is 5.97 Å². The molecule has 2 heterocycles. The monoisotopic (exact) mass is 378 g/mol. The Balaban J connectivity index is 1.64. The summed E-state index contributed by atoms with van der Waals surface area (Å²) in [4.78, 5) is 28.8. The van der Waals surface area contributed by atoms with Crippen molar-refractivity contribution < 1.29 is 28.5 Å². The van der Waals surface area contributed by atoms with Crippen molar-refractivity contribution in [1.82, 2.24) is 4.90 Å². The molecule has 3 rings (SSSR count). The van der Waals surface area contributed by atoms with Crippen LogP contribution in [0.25, 0.3) is 0 Å². The lowest BCUT2D eigenvalue weighted by atomic mass is 10.1. The average Bonchev–Trinajstić information content (AvgIpc) is 3.02. The quantitative estimate of drug-likeness (QED) is 0.725. The largest absolute Gasteiger partial charge is 0.497 e. The minimum Gasteiger partial charge on any atom is -0.497 e. The Morgan fingerprint density at radius 1 is 1.07 bits per heavy atom. The molecule has 2 fully saturated rings. The first-order valence-corrected chi connectivity index (χ1v) is 8.96. The molecule has 0 bridgehead atoms. The standard InChI is InChI=1S/C19H26N2O6/c1-19(2)26-15(16(27-19)18(23)25-4)17(22)21-10-8-20(9-11-21)13-6-5-7-14(12-13)24-3/h5-7,12,15-16H,8-11H2,1-4H3/t15-,16-/m1/s1. The van der Waals surface area contributed by atoms with Crippen LogP contribution in [0.15, 0.2) is 24.3 Å². The van der Waals surface area contributed by atoms with E-state index in [1.54, 1.807) is 25.9 Å². The van der Waals surface area contributed by atoms with Gasteiger partial charge in [0.2, 0.25) is 0 Å². The Morgan fingerprint density at radius 2 is 1.74 bits per heavy atom. The van der Waals surface area contributed by atoms with Gasteiger partial charge in [-0.2, -0.15) is 0 Å². The molecule has 0 radical (unpaired) electrons. The zero-order valence-electron chi connectivity index (χ0n) is 16.1. The molecule has 0 aliphatic carbocycles. The summed E-state index contributed by atoms with van der Waals surface area (Å²) in [5.74, 6) is -1.07. The summed E-state index contributed by atoms with van der Waals surface area (Å²) in [6.45, 7) is 5.78. The Hall–Kier alpha value is -2.32. The number of carbonyl (C=O) groups excluding carboxylic acids is 2. The molecule has 1 aromatic carbocycles. The predicted octanol–water partition coefficient (Wildman–Crippen LogP) is 1.04. The van der Waals surface area contributed by atoms with Gasteiger partial charge in [0.05, 0.1) is 14.2 Å². The summed E-state index contributed by atoms with van der Waals surface area (Å²) in [6.07, 6.45) is -2.04. The summed E-state index contributed by atoms with van der Waals surface area (Å²) in [7, 11) is 2.91. The van der Waals surface area contributed by atoms with Crippen LogP contribution in [0.3, 0.4) is 0 Å². The van der Waals surface area contributed by atoms with E-state index >= 15 is 0 Å². The van der Waals surface area contributed by atoms with Gasteiger partial charge < -0.3 is 28.7 Å². The first-order chi connectivity index (χ1) is 12.8. The van der Waals surface area contributed by atoms with Gasteiger partial charge in [-0.25, -0.2) is 4.79 Å². The van der Waals surface area contributed by atoms with Gasteiger partial charge in [0.1, 0.15) is 5.75 Å². The van der Waals surface area contributed by atoms with Crippen molar-refractivity contribution in [2.24, 2.45) is 0 Å². The van der Waals surface area contributed by atoms with Gasteiger partial charge in [0.25, 0.3) is 5.91 Å². The SMILES string of the molecule is COC(=O)[C@@H]1OC(C)(C)O[C@H]1C(=O)N1CCN(c2cccc(OC)c2)CC1. The smallest absolute Gasteiger partial charge is 0.338 e. The third-order valence-corrected chi connectivity index (χ3v) is 4.78. The predicted molar refractivity (Wildman–Crippen MR) is 97.6 cm³/mol. The fourth-order valence-electron chi connectivity index (χ4n) is 3.40. The Kier molecular flexibility index (Phi) is 5.57. The number of carbonyl (C=O) groups is 2. The number of benzene rings is 1. The second-order valence-electron chi connectivity index (χ2n) is 7.01. The van der Waals surface area contributed by atoms with E-state index in [1.807, 2.05) is 24.3 Å². The molecule has 8 heteroatoms. The van der Waals surface area contributed by atoms with Crippen LogP contribution in [0.4, 0.5) is 5.69 Å². The molecular formula is C19H26N2O6. The van der Waals surface area contributed by atoms with Crippen LogP contribution in [-0.2, 0) is 23.8 Å². The first kappa shape index (κ1) is 19.4. The molecular weight excluding hydrogens is 352 g/mol. The Labute approximate surface area is 158 Å². The third kappa shape index (κ3) is 4.17. The van der Waals surface area contributed by atoms with Crippen molar-refractivity contribution in [3.05, 3.63) is 24.3 Å². The summed E-state index contributed by atoms with van der Waals surface area (Å²) < 4.78 is 21.3. The van der Waals surface area contributed by atoms with E-state index in [1.165, 1.54) is 7.11 Å². The first-order valence-electron chi connectivity index (χ1n) is 8.96. The van der Waals surface area contributed by atoms with Crippen LogP contribution in [-0.4, -0.2) is 75.2 Å².